The predicted octanol–water partition coefficient (Wildman–Crippen LogP) is 2.86. The summed E-state index contributed by atoms with van der Waals surface area (Å²) < 4.78 is 10.5. The van der Waals surface area contributed by atoms with E-state index in [1.165, 1.54) is 0 Å². The van der Waals surface area contributed by atoms with Gasteiger partial charge in [-0.2, -0.15) is 11.8 Å². The number of esters is 2. The molecule has 1 heterocycles. The molecule has 27 heavy (non-hydrogen) atoms. The Labute approximate surface area is 167 Å². The third-order valence-electron chi connectivity index (χ3n) is 2.97. The molecule has 0 aromatic carbocycles. The molecule has 0 aliphatic carbocycles. The second-order valence-corrected chi connectivity index (χ2v) is 8.43. The summed E-state index contributed by atoms with van der Waals surface area (Å²) in [5.74, 6) is -0.579. The van der Waals surface area contributed by atoms with E-state index in [0.29, 0.717) is 18.6 Å². The highest BCUT2D eigenvalue weighted by atomic mass is 32.2. The van der Waals surface area contributed by atoms with Gasteiger partial charge < -0.3 is 20.0 Å². The van der Waals surface area contributed by atoms with E-state index in [4.69, 9.17) is 20.0 Å². The summed E-state index contributed by atoms with van der Waals surface area (Å²) in [6.07, 6.45) is 2.05. The zero-order valence-electron chi connectivity index (χ0n) is 16.3. The van der Waals surface area contributed by atoms with Crippen LogP contribution in [-0.4, -0.2) is 53.0 Å². The van der Waals surface area contributed by atoms with Gasteiger partial charge in [0.15, 0.2) is 5.13 Å². The number of oxime groups is 1. The lowest BCUT2D eigenvalue weighted by molar-refractivity contribution is -0.169. The average molecular weight is 418 g/mol. The van der Waals surface area contributed by atoms with Crippen molar-refractivity contribution < 1.29 is 23.9 Å². The number of hydrogen-bond acceptors (Lipinski definition) is 10. The Bertz CT molecular complexity index is 655. The zero-order valence-corrected chi connectivity index (χ0v) is 17.9. The van der Waals surface area contributed by atoms with E-state index in [1.807, 2.05) is 13.2 Å². The molecule has 1 aromatic heterocycles. The largest absolute Gasteiger partial charge is 0.460 e. The molecule has 152 valence electrons. The van der Waals surface area contributed by atoms with E-state index < -0.39 is 23.6 Å². The Hall–Kier alpha value is -1.81. The van der Waals surface area contributed by atoms with Crippen molar-refractivity contribution in [2.24, 2.45) is 5.16 Å². The fourth-order valence-electron chi connectivity index (χ4n) is 1.83. The monoisotopic (exact) mass is 417 g/mol. The number of thioether (sulfide) groups is 1. The Morgan fingerprint density at radius 3 is 2.63 bits per heavy atom. The van der Waals surface area contributed by atoms with Crippen LogP contribution in [-0.2, 0) is 23.9 Å². The Balaban J connectivity index is 2.99. The fraction of sp³-hybridized carbons (Fsp3) is 0.647. The molecule has 0 spiro atoms. The second kappa shape index (κ2) is 11.1. The van der Waals surface area contributed by atoms with Gasteiger partial charge in [0.1, 0.15) is 17.9 Å². The first-order chi connectivity index (χ1) is 12.7. The molecule has 0 amide bonds. The Morgan fingerprint density at radius 2 is 2.11 bits per heavy atom. The molecule has 0 saturated heterocycles. The molecule has 0 aliphatic heterocycles. The van der Waals surface area contributed by atoms with Crippen LogP contribution < -0.4 is 5.73 Å². The number of carbonyl (C=O) groups excluding carboxylic acids is 2. The van der Waals surface area contributed by atoms with Crippen molar-refractivity contribution in [3.63, 3.8) is 0 Å². The highest BCUT2D eigenvalue weighted by Gasteiger charge is 2.28. The van der Waals surface area contributed by atoms with Crippen LogP contribution in [0.1, 0.15) is 46.2 Å². The number of nitrogen functional groups attached to an aromatic ring is 1. The maximum absolute atomic E-state index is 12.4. The van der Waals surface area contributed by atoms with Crippen molar-refractivity contribution in [3.8, 4) is 0 Å². The molecule has 0 aliphatic rings. The predicted molar refractivity (Wildman–Crippen MR) is 108 cm³/mol. The summed E-state index contributed by atoms with van der Waals surface area (Å²) in [5.41, 5.74) is 5.10. The SMILES string of the molecule is CCCC(ON=C(C(=O)OCCSC)c1csc(N)n1)C(=O)OC(C)(C)C. The van der Waals surface area contributed by atoms with E-state index in [-0.39, 0.29) is 23.1 Å². The summed E-state index contributed by atoms with van der Waals surface area (Å²) in [6.45, 7) is 7.43. The van der Waals surface area contributed by atoms with E-state index in [1.54, 1.807) is 37.9 Å². The molecule has 0 saturated carbocycles. The maximum atomic E-state index is 12.4. The van der Waals surface area contributed by atoms with Gasteiger partial charge in [-0.05, 0) is 33.4 Å². The van der Waals surface area contributed by atoms with Crippen molar-refractivity contribution in [2.75, 3.05) is 24.3 Å². The van der Waals surface area contributed by atoms with E-state index in [9.17, 15) is 9.59 Å². The lowest BCUT2D eigenvalue weighted by atomic mass is 10.1. The normalized spacial score (nSPS) is 13.1. The minimum absolute atomic E-state index is 0.131. The van der Waals surface area contributed by atoms with Crippen LogP contribution in [0, 0.1) is 0 Å². The number of nitrogens with zero attached hydrogens (tertiary/aromatic N) is 2. The van der Waals surface area contributed by atoms with Crippen molar-refractivity contribution in [3.05, 3.63) is 11.1 Å². The number of carbonyl (C=O) groups is 2. The average Bonchev–Trinajstić information content (AvgIpc) is 2.99. The summed E-state index contributed by atoms with van der Waals surface area (Å²) in [6, 6.07) is 0. The maximum Gasteiger partial charge on any atom is 0.362 e. The summed E-state index contributed by atoms with van der Waals surface area (Å²) in [7, 11) is 0. The highest BCUT2D eigenvalue weighted by molar-refractivity contribution is 7.98. The minimum atomic E-state index is -0.931. The van der Waals surface area contributed by atoms with Crippen LogP contribution in [0.15, 0.2) is 10.5 Å². The Morgan fingerprint density at radius 1 is 1.41 bits per heavy atom. The first kappa shape index (κ1) is 23.2. The number of aromatic nitrogens is 1. The van der Waals surface area contributed by atoms with Crippen LogP contribution >= 0.6 is 23.1 Å². The third-order valence-corrected chi connectivity index (χ3v) is 4.22. The Kier molecular flexibility index (Phi) is 9.57. The number of rotatable bonds is 10. The molecule has 2 N–H and O–H groups in total. The minimum Gasteiger partial charge on any atom is -0.460 e. The van der Waals surface area contributed by atoms with Crippen LogP contribution in [0.5, 0.6) is 0 Å². The van der Waals surface area contributed by atoms with E-state index >= 15 is 0 Å². The standard InChI is InChI=1S/C17H27N3O5S2/c1-6-7-12(14(21)24-17(2,3)4)25-20-13(11-10-27-16(18)19-11)15(22)23-8-9-26-5/h10,12H,6-9H2,1-5H3,(H2,18,19). The van der Waals surface area contributed by atoms with Crippen molar-refractivity contribution >= 4 is 45.9 Å². The first-order valence-corrected chi connectivity index (χ1v) is 10.8. The van der Waals surface area contributed by atoms with Gasteiger partial charge in [-0.1, -0.05) is 18.5 Å². The number of nitrogens with two attached hydrogens (primary N) is 1. The zero-order chi connectivity index (χ0) is 20.4. The second-order valence-electron chi connectivity index (χ2n) is 6.56. The van der Waals surface area contributed by atoms with Gasteiger partial charge in [0.25, 0.3) is 0 Å². The lowest BCUT2D eigenvalue weighted by Crippen LogP contribution is -2.33. The molecule has 1 rings (SSSR count). The van der Waals surface area contributed by atoms with Crippen molar-refractivity contribution in [1.29, 1.82) is 0 Å². The van der Waals surface area contributed by atoms with Gasteiger partial charge in [-0.25, -0.2) is 14.6 Å². The van der Waals surface area contributed by atoms with Crippen LogP contribution in [0.3, 0.4) is 0 Å². The molecule has 1 aromatic rings. The van der Waals surface area contributed by atoms with Gasteiger partial charge in [0.2, 0.25) is 11.8 Å². The fourth-order valence-corrected chi connectivity index (χ4v) is 2.63. The summed E-state index contributed by atoms with van der Waals surface area (Å²) >= 11 is 2.71. The third kappa shape index (κ3) is 8.61. The number of hydrogen-bond donors (Lipinski definition) is 1. The first-order valence-electron chi connectivity index (χ1n) is 8.52. The molecular weight excluding hydrogens is 390 g/mol. The van der Waals surface area contributed by atoms with Crippen LogP contribution in [0.4, 0.5) is 5.13 Å². The summed E-state index contributed by atoms with van der Waals surface area (Å²) in [5, 5.41) is 5.74. The molecule has 10 heteroatoms. The molecular formula is C17H27N3O5S2. The lowest BCUT2D eigenvalue weighted by Gasteiger charge is -2.22. The van der Waals surface area contributed by atoms with E-state index in [0.717, 1.165) is 11.3 Å². The van der Waals surface area contributed by atoms with Gasteiger partial charge in [-0.15, -0.1) is 11.3 Å². The van der Waals surface area contributed by atoms with Gasteiger partial charge in [0, 0.05) is 11.1 Å². The smallest absolute Gasteiger partial charge is 0.362 e. The highest BCUT2D eigenvalue weighted by Crippen LogP contribution is 2.16. The van der Waals surface area contributed by atoms with Crippen LogP contribution in [0.25, 0.3) is 0 Å². The van der Waals surface area contributed by atoms with E-state index in [2.05, 4.69) is 10.1 Å². The molecule has 0 bridgehead atoms. The van der Waals surface area contributed by atoms with Crippen LogP contribution in [0.2, 0.25) is 0 Å². The molecule has 1 unspecified atom stereocenters. The molecule has 0 fully saturated rings. The molecule has 0 radical (unpaired) electrons. The quantitative estimate of drug-likeness (QED) is 0.268. The summed E-state index contributed by atoms with van der Waals surface area (Å²) in [4.78, 5) is 34.1. The topological polar surface area (TPSA) is 113 Å². The molecule has 1 atom stereocenters. The van der Waals surface area contributed by atoms with Gasteiger partial charge in [-0.3, -0.25) is 0 Å². The number of anilines is 1. The van der Waals surface area contributed by atoms with Gasteiger partial charge in [0.05, 0.1) is 0 Å². The number of ether oxygens (including phenoxy) is 2. The molecule has 8 nitrogen and oxygen atoms in total. The van der Waals surface area contributed by atoms with Crippen molar-refractivity contribution in [2.45, 2.75) is 52.2 Å². The van der Waals surface area contributed by atoms with Gasteiger partial charge >= 0.3 is 11.9 Å². The van der Waals surface area contributed by atoms with Crippen molar-refractivity contribution in [1.82, 2.24) is 4.98 Å². The number of thiazole rings is 1.